The second-order valence-electron chi connectivity index (χ2n) is 6.55. The second-order valence-corrected chi connectivity index (χ2v) is 6.55. The fourth-order valence-corrected chi connectivity index (χ4v) is 2.76. The average Bonchev–Trinajstić information content (AvgIpc) is 2.78. The SMILES string of the molecule is COc1cc(C=NNc2ccc(C(F)(F)F)cc2)cc([N+](=O)[O-])c1OCc1ccccc1. The van der Waals surface area contributed by atoms with Crippen molar-refractivity contribution < 1.29 is 27.6 Å². The van der Waals surface area contributed by atoms with Gasteiger partial charge in [-0.05, 0) is 35.9 Å². The Bertz CT molecular complexity index is 1100. The largest absolute Gasteiger partial charge is 0.493 e. The van der Waals surface area contributed by atoms with Crippen molar-refractivity contribution >= 4 is 17.6 Å². The van der Waals surface area contributed by atoms with E-state index in [1.165, 1.54) is 37.6 Å². The van der Waals surface area contributed by atoms with Gasteiger partial charge in [-0.1, -0.05) is 30.3 Å². The summed E-state index contributed by atoms with van der Waals surface area (Å²) in [5.74, 6) is 0.125. The van der Waals surface area contributed by atoms with Crippen molar-refractivity contribution in [2.45, 2.75) is 12.8 Å². The Morgan fingerprint density at radius 2 is 1.78 bits per heavy atom. The number of hydrogen-bond donors (Lipinski definition) is 1. The first kappa shape index (κ1) is 22.6. The van der Waals surface area contributed by atoms with E-state index in [1.54, 1.807) is 0 Å². The van der Waals surface area contributed by atoms with E-state index in [-0.39, 0.29) is 23.8 Å². The molecule has 0 aliphatic rings. The van der Waals surface area contributed by atoms with Crippen LogP contribution in [0.2, 0.25) is 0 Å². The summed E-state index contributed by atoms with van der Waals surface area (Å²) in [4.78, 5) is 11.0. The lowest BCUT2D eigenvalue weighted by Crippen LogP contribution is -2.04. The number of rotatable bonds is 8. The molecule has 3 aromatic carbocycles. The number of hydrazone groups is 1. The van der Waals surface area contributed by atoms with Crippen molar-refractivity contribution in [1.29, 1.82) is 0 Å². The van der Waals surface area contributed by atoms with Crippen molar-refractivity contribution in [3.05, 3.63) is 93.5 Å². The first-order valence-corrected chi connectivity index (χ1v) is 9.27. The molecule has 3 rings (SSSR count). The van der Waals surface area contributed by atoms with E-state index >= 15 is 0 Å². The van der Waals surface area contributed by atoms with Gasteiger partial charge in [0.1, 0.15) is 6.61 Å². The quantitative estimate of drug-likeness (QED) is 0.275. The highest BCUT2D eigenvalue weighted by Crippen LogP contribution is 2.38. The Morgan fingerprint density at radius 3 is 2.38 bits per heavy atom. The summed E-state index contributed by atoms with van der Waals surface area (Å²) in [5, 5.41) is 15.5. The minimum Gasteiger partial charge on any atom is -0.493 e. The summed E-state index contributed by atoms with van der Waals surface area (Å²) < 4.78 is 48.8. The Labute approximate surface area is 181 Å². The van der Waals surface area contributed by atoms with Crippen molar-refractivity contribution in [2.24, 2.45) is 5.10 Å². The first-order valence-electron chi connectivity index (χ1n) is 9.27. The van der Waals surface area contributed by atoms with Crippen LogP contribution in [0.4, 0.5) is 24.5 Å². The van der Waals surface area contributed by atoms with Crippen molar-refractivity contribution in [2.75, 3.05) is 12.5 Å². The topological polar surface area (TPSA) is 86.0 Å². The van der Waals surface area contributed by atoms with Gasteiger partial charge in [-0.25, -0.2) is 0 Å². The Hall–Kier alpha value is -4.08. The molecule has 0 aromatic heterocycles. The van der Waals surface area contributed by atoms with Gasteiger partial charge in [-0.2, -0.15) is 18.3 Å². The summed E-state index contributed by atoms with van der Waals surface area (Å²) in [6, 6.07) is 16.2. The number of halogens is 3. The molecule has 0 saturated carbocycles. The number of nitrogens with one attached hydrogen (secondary N) is 1. The zero-order valence-electron chi connectivity index (χ0n) is 16.8. The molecule has 0 unspecified atom stereocenters. The van der Waals surface area contributed by atoms with Crippen LogP contribution in [0.3, 0.4) is 0 Å². The van der Waals surface area contributed by atoms with E-state index < -0.39 is 16.7 Å². The van der Waals surface area contributed by atoms with Gasteiger partial charge in [0.05, 0.1) is 29.5 Å². The number of hydrogen-bond acceptors (Lipinski definition) is 6. The highest BCUT2D eigenvalue weighted by Gasteiger charge is 2.29. The molecule has 7 nitrogen and oxygen atoms in total. The monoisotopic (exact) mass is 445 g/mol. The molecule has 166 valence electrons. The molecule has 0 aliphatic carbocycles. The molecule has 3 aromatic rings. The lowest BCUT2D eigenvalue weighted by molar-refractivity contribution is -0.386. The van der Waals surface area contributed by atoms with E-state index in [0.29, 0.717) is 11.3 Å². The molecule has 32 heavy (non-hydrogen) atoms. The van der Waals surface area contributed by atoms with Crippen LogP contribution in [0.1, 0.15) is 16.7 Å². The molecule has 1 N–H and O–H groups in total. The minimum absolute atomic E-state index is 0.0193. The van der Waals surface area contributed by atoms with Gasteiger partial charge in [0.2, 0.25) is 5.75 Å². The minimum atomic E-state index is -4.43. The summed E-state index contributed by atoms with van der Waals surface area (Å²) >= 11 is 0. The van der Waals surface area contributed by atoms with E-state index in [1.807, 2.05) is 30.3 Å². The van der Waals surface area contributed by atoms with Crippen LogP contribution in [-0.2, 0) is 12.8 Å². The Balaban J connectivity index is 1.78. The molecule has 0 bridgehead atoms. The highest BCUT2D eigenvalue weighted by molar-refractivity contribution is 5.83. The fourth-order valence-electron chi connectivity index (χ4n) is 2.76. The maximum atomic E-state index is 12.6. The molecule has 0 saturated heterocycles. The van der Waals surface area contributed by atoms with Crippen molar-refractivity contribution in [3.8, 4) is 11.5 Å². The number of methoxy groups -OCH3 is 1. The van der Waals surface area contributed by atoms with E-state index in [0.717, 1.165) is 17.7 Å². The Kier molecular flexibility index (Phi) is 6.93. The van der Waals surface area contributed by atoms with Gasteiger partial charge in [-0.3, -0.25) is 15.5 Å². The zero-order chi connectivity index (χ0) is 23.1. The predicted octanol–water partition coefficient (Wildman–Crippen LogP) is 5.65. The smallest absolute Gasteiger partial charge is 0.416 e. The standard InChI is InChI=1S/C22H18F3N3O4/c1-31-20-12-16(13-26-27-18-9-7-17(8-10-18)22(23,24)25)11-19(28(29)30)21(20)32-14-15-5-3-2-4-6-15/h2-13,27H,14H2,1H3. The van der Waals surface area contributed by atoms with Crippen LogP contribution < -0.4 is 14.9 Å². The summed E-state index contributed by atoms with van der Waals surface area (Å²) in [5.41, 5.74) is 2.97. The van der Waals surface area contributed by atoms with Gasteiger partial charge in [0.15, 0.2) is 5.75 Å². The number of nitro groups is 1. The Morgan fingerprint density at radius 1 is 1.09 bits per heavy atom. The number of anilines is 1. The van der Waals surface area contributed by atoms with Gasteiger partial charge in [-0.15, -0.1) is 0 Å². The van der Waals surface area contributed by atoms with E-state index in [2.05, 4.69) is 10.5 Å². The van der Waals surface area contributed by atoms with Gasteiger partial charge in [0, 0.05) is 11.6 Å². The van der Waals surface area contributed by atoms with Gasteiger partial charge >= 0.3 is 11.9 Å². The van der Waals surface area contributed by atoms with Crippen molar-refractivity contribution in [1.82, 2.24) is 0 Å². The maximum Gasteiger partial charge on any atom is 0.416 e. The number of benzene rings is 3. The maximum absolute atomic E-state index is 12.6. The molecular weight excluding hydrogens is 427 g/mol. The number of ether oxygens (including phenoxy) is 2. The molecule has 10 heteroatoms. The zero-order valence-corrected chi connectivity index (χ0v) is 16.8. The van der Waals surface area contributed by atoms with E-state index in [4.69, 9.17) is 9.47 Å². The molecule has 0 fully saturated rings. The first-order chi connectivity index (χ1) is 15.3. The van der Waals surface area contributed by atoms with Crippen LogP contribution in [0, 0.1) is 10.1 Å². The van der Waals surface area contributed by atoms with Gasteiger partial charge in [0.25, 0.3) is 0 Å². The molecule has 0 radical (unpaired) electrons. The van der Waals surface area contributed by atoms with Crippen molar-refractivity contribution in [3.63, 3.8) is 0 Å². The van der Waals surface area contributed by atoms with Crippen LogP contribution in [0.5, 0.6) is 11.5 Å². The van der Waals surface area contributed by atoms with Crippen LogP contribution >= 0.6 is 0 Å². The molecule has 0 amide bonds. The third kappa shape index (κ3) is 5.75. The lowest BCUT2D eigenvalue weighted by atomic mass is 10.1. The summed E-state index contributed by atoms with van der Waals surface area (Å²) in [7, 11) is 1.36. The number of nitro benzene ring substituents is 1. The highest BCUT2D eigenvalue weighted by atomic mass is 19.4. The summed E-state index contributed by atoms with van der Waals surface area (Å²) in [6.07, 6.45) is -3.14. The lowest BCUT2D eigenvalue weighted by Gasteiger charge is -2.12. The average molecular weight is 445 g/mol. The third-order valence-electron chi connectivity index (χ3n) is 4.32. The normalized spacial score (nSPS) is 11.4. The predicted molar refractivity (Wildman–Crippen MR) is 113 cm³/mol. The van der Waals surface area contributed by atoms with Crippen LogP contribution in [0.15, 0.2) is 71.8 Å². The molecule has 0 heterocycles. The fraction of sp³-hybridized carbons (Fsp3) is 0.136. The third-order valence-corrected chi connectivity index (χ3v) is 4.32. The molecule has 0 spiro atoms. The van der Waals surface area contributed by atoms with Crippen LogP contribution in [0.25, 0.3) is 0 Å². The molecule has 0 aliphatic heterocycles. The molecular formula is C22H18F3N3O4. The second kappa shape index (κ2) is 9.82. The molecule has 0 atom stereocenters. The van der Waals surface area contributed by atoms with E-state index in [9.17, 15) is 23.3 Å². The van der Waals surface area contributed by atoms with Gasteiger partial charge < -0.3 is 9.47 Å². The number of alkyl halides is 3. The van der Waals surface area contributed by atoms with Crippen LogP contribution in [-0.4, -0.2) is 18.2 Å². The summed E-state index contributed by atoms with van der Waals surface area (Å²) in [6.45, 7) is 0.112. The number of nitrogens with zero attached hydrogens (tertiary/aromatic N) is 2.